The van der Waals surface area contributed by atoms with E-state index in [2.05, 4.69) is 16.0 Å². The summed E-state index contributed by atoms with van der Waals surface area (Å²) in [6.07, 6.45) is 5.29. The topological polar surface area (TPSA) is 49.6 Å². The summed E-state index contributed by atoms with van der Waals surface area (Å²) in [5, 5.41) is 0. The Bertz CT molecular complexity index is 627. The zero-order chi connectivity index (χ0) is 14.9. The Morgan fingerprint density at radius 2 is 2.00 bits per heavy atom. The molecule has 4 heterocycles. The number of rotatable bonds is 3. The van der Waals surface area contributed by atoms with Crippen LogP contribution in [0.15, 0.2) is 47.3 Å². The highest BCUT2D eigenvalue weighted by Gasteiger charge is 2.41. The summed E-state index contributed by atoms with van der Waals surface area (Å²) in [5.74, 6) is 1.64. The van der Waals surface area contributed by atoms with Crippen molar-refractivity contribution in [1.29, 1.82) is 0 Å². The van der Waals surface area contributed by atoms with E-state index in [1.165, 1.54) is 5.56 Å². The van der Waals surface area contributed by atoms with Gasteiger partial charge in [0, 0.05) is 45.1 Å². The first-order chi connectivity index (χ1) is 10.8. The molecule has 0 saturated carbocycles. The van der Waals surface area contributed by atoms with E-state index in [9.17, 15) is 4.79 Å². The van der Waals surface area contributed by atoms with Crippen molar-refractivity contribution in [2.75, 3.05) is 26.2 Å². The van der Waals surface area contributed by atoms with Crippen molar-refractivity contribution in [3.63, 3.8) is 0 Å². The average molecular weight is 297 g/mol. The minimum Gasteiger partial charge on any atom is -0.459 e. The van der Waals surface area contributed by atoms with Gasteiger partial charge < -0.3 is 9.32 Å². The highest BCUT2D eigenvalue weighted by molar-refractivity contribution is 5.91. The monoisotopic (exact) mass is 297 g/mol. The number of nitrogens with zero attached hydrogens (tertiary/aromatic N) is 3. The van der Waals surface area contributed by atoms with Crippen molar-refractivity contribution in [3.05, 3.63) is 54.2 Å². The largest absolute Gasteiger partial charge is 0.459 e. The van der Waals surface area contributed by atoms with Crippen molar-refractivity contribution < 1.29 is 9.21 Å². The highest BCUT2D eigenvalue weighted by atomic mass is 16.3. The molecule has 2 atom stereocenters. The van der Waals surface area contributed by atoms with Gasteiger partial charge >= 0.3 is 0 Å². The third kappa shape index (κ3) is 2.52. The van der Waals surface area contributed by atoms with Gasteiger partial charge in [-0.2, -0.15) is 0 Å². The lowest BCUT2D eigenvalue weighted by Crippen LogP contribution is -2.32. The van der Waals surface area contributed by atoms with E-state index in [-0.39, 0.29) is 5.91 Å². The summed E-state index contributed by atoms with van der Waals surface area (Å²) in [7, 11) is 0. The van der Waals surface area contributed by atoms with Crippen molar-refractivity contribution >= 4 is 5.91 Å². The molecule has 0 unspecified atom stereocenters. The van der Waals surface area contributed by atoms with Gasteiger partial charge in [-0.25, -0.2) is 0 Å². The molecule has 0 N–H and O–H groups in total. The third-order valence-corrected chi connectivity index (χ3v) is 4.71. The third-order valence-electron chi connectivity index (χ3n) is 4.71. The quantitative estimate of drug-likeness (QED) is 0.868. The molecule has 22 heavy (non-hydrogen) atoms. The van der Waals surface area contributed by atoms with Gasteiger partial charge in [-0.05, 0) is 35.6 Å². The lowest BCUT2D eigenvalue weighted by atomic mass is 10.0. The summed E-state index contributed by atoms with van der Waals surface area (Å²) in [6.45, 7) is 4.75. The summed E-state index contributed by atoms with van der Waals surface area (Å²) in [6, 6.07) is 7.61. The van der Waals surface area contributed by atoms with Crippen LogP contribution in [0.25, 0.3) is 0 Å². The van der Waals surface area contributed by atoms with E-state index in [1.54, 1.807) is 24.6 Å². The molecule has 2 aliphatic heterocycles. The molecular formula is C17H19N3O2. The molecule has 5 nitrogen and oxygen atoms in total. The van der Waals surface area contributed by atoms with Gasteiger partial charge in [0.05, 0.1) is 6.26 Å². The van der Waals surface area contributed by atoms with Crippen LogP contribution in [-0.4, -0.2) is 46.9 Å². The van der Waals surface area contributed by atoms with Gasteiger partial charge in [0.1, 0.15) is 0 Å². The average Bonchev–Trinajstić information content (AvgIpc) is 3.23. The van der Waals surface area contributed by atoms with Crippen LogP contribution in [0.5, 0.6) is 0 Å². The van der Waals surface area contributed by atoms with Crippen molar-refractivity contribution in [1.82, 2.24) is 14.8 Å². The fourth-order valence-electron chi connectivity index (χ4n) is 3.69. The van der Waals surface area contributed by atoms with Crippen molar-refractivity contribution in [3.8, 4) is 0 Å². The molecule has 0 spiro atoms. The Balaban J connectivity index is 1.36. The van der Waals surface area contributed by atoms with Gasteiger partial charge in [-0.1, -0.05) is 6.07 Å². The molecule has 4 rings (SSSR count). The van der Waals surface area contributed by atoms with Crippen LogP contribution in [0.1, 0.15) is 16.1 Å². The number of carbonyl (C=O) groups excluding carboxylic acids is 1. The first-order valence-electron chi connectivity index (χ1n) is 7.73. The fourth-order valence-corrected chi connectivity index (χ4v) is 3.69. The first kappa shape index (κ1) is 13.5. The Hall–Kier alpha value is -2.14. The van der Waals surface area contributed by atoms with Crippen LogP contribution in [-0.2, 0) is 6.54 Å². The van der Waals surface area contributed by atoms with Gasteiger partial charge in [0.2, 0.25) is 0 Å². The second-order valence-corrected chi connectivity index (χ2v) is 6.26. The van der Waals surface area contributed by atoms with Crippen molar-refractivity contribution in [2.24, 2.45) is 11.8 Å². The molecule has 114 valence electrons. The SMILES string of the molecule is O=C(c1ccco1)N1C[C@H]2CN(Cc3cccnc3)C[C@H]2C1. The molecule has 5 heteroatoms. The Kier molecular flexibility index (Phi) is 3.42. The standard InChI is InChI=1S/C17H19N3O2/c21-17(16-4-2-6-22-16)20-11-14-9-19(10-15(14)12-20)8-13-3-1-5-18-7-13/h1-7,14-15H,8-12H2/t14-,15+. The van der Waals surface area contributed by atoms with Gasteiger partial charge in [-0.3, -0.25) is 14.7 Å². The van der Waals surface area contributed by atoms with E-state index in [0.717, 1.165) is 32.7 Å². The van der Waals surface area contributed by atoms with E-state index < -0.39 is 0 Å². The Labute approximate surface area is 129 Å². The molecule has 2 aromatic heterocycles. The van der Waals surface area contributed by atoms with Gasteiger partial charge in [0.15, 0.2) is 5.76 Å². The first-order valence-corrected chi connectivity index (χ1v) is 7.73. The predicted molar refractivity (Wildman–Crippen MR) is 81.1 cm³/mol. The summed E-state index contributed by atoms with van der Waals surface area (Å²) < 4.78 is 5.22. The second kappa shape index (κ2) is 5.57. The molecule has 2 fully saturated rings. The van der Waals surface area contributed by atoms with Gasteiger partial charge in [-0.15, -0.1) is 0 Å². The fraction of sp³-hybridized carbons (Fsp3) is 0.412. The minimum atomic E-state index is 0.0261. The molecule has 0 aromatic carbocycles. The molecule has 0 aliphatic carbocycles. The van der Waals surface area contributed by atoms with Crippen molar-refractivity contribution in [2.45, 2.75) is 6.54 Å². The van der Waals surface area contributed by atoms with Crippen LogP contribution in [0.4, 0.5) is 0 Å². The number of carbonyl (C=O) groups is 1. The molecule has 2 aromatic rings. The molecule has 0 radical (unpaired) electrons. The Morgan fingerprint density at radius 1 is 1.18 bits per heavy atom. The number of fused-ring (bicyclic) bond motifs is 1. The molecular weight excluding hydrogens is 278 g/mol. The molecule has 0 bridgehead atoms. The normalized spacial score (nSPS) is 24.6. The zero-order valence-corrected chi connectivity index (χ0v) is 12.4. The van der Waals surface area contributed by atoms with E-state index in [4.69, 9.17) is 4.42 Å². The maximum atomic E-state index is 12.3. The molecule has 2 saturated heterocycles. The maximum Gasteiger partial charge on any atom is 0.289 e. The zero-order valence-electron chi connectivity index (χ0n) is 12.4. The summed E-state index contributed by atoms with van der Waals surface area (Å²) >= 11 is 0. The summed E-state index contributed by atoms with van der Waals surface area (Å²) in [4.78, 5) is 20.9. The number of likely N-dealkylation sites (tertiary alicyclic amines) is 2. The molecule has 1 amide bonds. The number of furan rings is 1. The number of aromatic nitrogens is 1. The van der Waals surface area contributed by atoms with Crippen LogP contribution in [0, 0.1) is 11.8 Å². The predicted octanol–water partition coefficient (Wildman–Crippen LogP) is 1.88. The lowest BCUT2D eigenvalue weighted by Gasteiger charge is -2.20. The van der Waals surface area contributed by atoms with Crippen LogP contribution in [0.2, 0.25) is 0 Å². The van der Waals surface area contributed by atoms with Gasteiger partial charge in [0.25, 0.3) is 5.91 Å². The molecule has 2 aliphatic rings. The maximum absolute atomic E-state index is 12.3. The van der Waals surface area contributed by atoms with Crippen LogP contribution >= 0.6 is 0 Å². The number of hydrogen-bond donors (Lipinski definition) is 0. The number of pyridine rings is 1. The van der Waals surface area contributed by atoms with E-state index in [1.807, 2.05) is 17.2 Å². The Morgan fingerprint density at radius 3 is 2.64 bits per heavy atom. The second-order valence-electron chi connectivity index (χ2n) is 6.26. The minimum absolute atomic E-state index is 0.0261. The van der Waals surface area contributed by atoms with Crippen LogP contribution < -0.4 is 0 Å². The smallest absolute Gasteiger partial charge is 0.289 e. The highest BCUT2D eigenvalue weighted by Crippen LogP contribution is 2.32. The van der Waals surface area contributed by atoms with E-state index >= 15 is 0 Å². The number of hydrogen-bond acceptors (Lipinski definition) is 4. The summed E-state index contributed by atoms with van der Waals surface area (Å²) in [5.41, 5.74) is 1.26. The van der Waals surface area contributed by atoms with Crippen LogP contribution in [0.3, 0.4) is 0 Å². The lowest BCUT2D eigenvalue weighted by molar-refractivity contribution is 0.0742. The van der Waals surface area contributed by atoms with E-state index in [0.29, 0.717) is 17.6 Å². The number of amides is 1.